The van der Waals surface area contributed by atoms with Crippen molar-refractivity contribution in [1.82, 2.24) is 25.0 Å². The zero-order valence-corrected chi connectivity index (χ0v) is 15.1. The average molecular weight is 378 g/mol. The summed E-state index contributed by atoms with van der Waals surface area (Å²) in [5, 5.41) is 10.2. The average Bonchev–Trinajstić information content (AvgIpc) is 2.76. The number of hydrogen-bond donors (Lipinski definition) is 2. The van der Waals surface area contributed by atoms with Crippen molar-refractivity contribution >= 4 is 23.4 Å². The first kappa shape index (κ1) is 18.2. The SMILES string of the molecule is Cc1nn(-c2ccc(Cl)cc2)c(=O)n1CC(=O)N[C@H]1CCCCNC1=O. The normalized spacial score (nSPS) is 17.5. The van der Waals surface area contributed by atoms with Crippen LogP contribution in [0.2, 0.25) is 5.02 Å². The number of halogens is 1. The summed E-state index contributed by atoms with van der Waals surface area (Å²) < 4.78 is 2.50. The lowest BCUT2D eigenvalue weighted by molar-refractivity contribution is -0.129. The Morgan fingerprint density at radius 1 is 1.31 bits per heavy atom. The second-order valence-corrected chi connectivity index (χ2v) is 6.65. The fourth-order valence-electron chi connectivity index (χ4n) is 2.89. The number of aromatic nitrogens is 3. The highest BCUT2D eigenvalue weighted by Crippen LogP contribution is 2.11. The van der Waals surface area contributed by atoms with Gasteiger partial charge in [0, 0.05) is 11.6 Å². The third-order valence-electron chi connectivity index (χ3n) is 4.29. The van der Waals surface area contributed by atoms with E-state index in [2.05, 4.69) is 15.7 Å². The number of nitrogens with zero attached hydrogens (tertiary/aromatic N) is 3. The van der Waals surface area contributed by atoms with Gasteiger partial charge in [-0.3, -0.25) is 14.2 Å². The third kappa shape index (κ3) is 3.96. The third-order valence-corrected chi connectivity index (χ3v) is 4.54. The van der Waals surface area contributed by atoms with E-state index < -0.39 is 17.6 Å². The molecule has 2 N–H and O–H groups in total. The van der Waals surface area contributed by atoms with Gasteiger partial charge in [0.15, 0.2) is 0 Å². The first-order valence-corrected chi connectivity index (χ1v) is 8.83. The van der Waals surface area contributed by atoms with Crippen molar-refractivity contribution in [1.29, 1.82) is 0 Å². The predicted molar refractivity (Wildman–Crippen MR) is 96.4 cm³/mol. The van der Waals surface area contributed by atoms with Crippen LogP contribution in [0.3, 0.4) is 0 Å². The van der Waals surface area contributed by atoms with Crippen molar-refractivity contribution in [2.24, 2.45) is 0 Å². The molecular weight excluding hydrogens is 358 g/mol. The molecule has 1 fully saturated rings. The second kappa shape index (κ2) is 7.74. The van der Waals surface area contributed by atoms with Crippen LogP contribution in [-0.4, -0.2) is 38.7 Å². The highest BCUT2D eigenvalue weighted by Gasteiger charge is 2.23. The molecule has 0 radical (unpaired) electrons. The monoisotopic (exact) mass is 377 g/mol. The molecule has 1 aliphatic heterocycles. The minimum Gasteiger partial charge on any atom is -0.354 e. The van der Waals surface area contributed by atoms with Gasteiger partial charge in [-0.05, 0) is 50.5 Å². The van der Waals surface area contributed by atoms with Gasteiger partial charge >= 0.3 is 5.69 Å². The summed E-state index contributed by atoms with van der Waals surface area (Å²) in [6.45, 7) is 2.08. The molecule has 1 atom stereocenters. The van der Waals surface area contributed by atoms with Gasteiger partial charge in [-0.2, -0.15) is 9.78 Å². The zero-order valence-electron chi connectivity index (χ0n) is 14.4. The molecule has 9 heteroatoms. The second-order valence-electron chi connectivity index (χ2n) is 6.21. The number of carbonyl (C=O) groups is 2. The predicted octanol–water partition coefficient (Wildman–Crippen LogP) is 0.781. The van der Waals surface area contributed by atoms with Gasteiger partial charge in [-0.25, -0.2) is 4.79 Å². The van der Waals surface area contributed by atoms with Crippen LogP contribution in [0.15, 0.2) is 29.1 Å². The van der Waals surface area contributed by atoms with Crippen molar-refractivity contribution in [3.05, 3.63) is 45.6 Å². The van der Waals surface area contributed by atoms with Crippen LogP contribution in [0.25, 0.3) is 5.69 Å². The van der Waals surface area contributed by atoms with E-state index in [0.717, 1.165) is 12.8 Å². The molecule has 0 spiro atoms. The van der Waals surface area contributed by atoms with Crippen molar-refractivity contribution in [3.63, 3.8) is 0 Å². The van der Waals surface area contributed by atoms with Gasteiger partial charge in [-0.15, -0.1) is 0 Å². The molecule has 8 nitrogen and oxygen atoms in total. The molecule has 2 heterocycles. The molecule has 138 valence electrons. The molecule has 1 saturated heterocycles. The summed E-state index contributed by atoms with van der Waals surface area (Å²) >= 11 is 5.86. The molecule has 0 aliphatic carbocycles. The van der Waals surface area contributed by atoms with Gasteiger partial charge in [0.05, 0.1) is 5.69 Å². The molecule has 0 saturated carbocycles. The maximum absolute atomic E-state index is 12.6. The number of rotatable bonds is 4. The minimum atomic E-state index is -0.563. The fourth-order valence-corrected chi connectivity index (χ4v) is 3.01. The lowest BCUT2D eigenvalue weighted by atomic mass is 10.1. The van der Waals surface area contributed by atoms with Gasteiger partial charge < -0.3 is 10.6 Å². The largest absolute Gasteiger partial charge is 0.354 e. The number of aryl methyl sites for hydroxylation is 1. The highest BCUT2D eigenvalue weighted by molar-refractivity contribution is 6.30. The number of benzene rings is 1. The van der Waals surface area contributed by atoms with E-state index >= 15 is 0 Å². The lowest BCUT2D eigenvalue weighted by Crippen LogP contribution is -2.47. The first-order chi connectivity index (χ1) is 12.5. The summed E-state index contributed by atoms with van der Waals surface area (Å²) in [6.07, 6.45) is 2.34. The van der Waals surface area contributed by atoms with Crippen molar-refractivity contribution in [2.75, 3.05) is 6.54 Å². The zero-order chi connectivity index (χ0) is 18.7. The van der Waals surface area contributed by atoms with Gasteiger partial charge in [0.1, 0.15) is 18.4 Å². The molecule has 2 amide bonds. The molecule has 0 bridgehead atoms. The highest BCUT2D eigenvalue weighted by atomic mass is 35.5. The van der Waals surface area contributed by atoms with Crippen LogP contribution in [-0.2, 0) is 16.1 Å². The smallest absolute Gasteiger partial charge is 0.351 e. The van der Waals surface area contributed by atoms with E-state index in [0.29, 0.717) is 29.5 Å². The van der Waals surface area contributed by atoms with E-state index in [1.165, 1.54) is 9.25 Å². The molecular formula is C17H20ClN5O3. The van der Waals surface area contributed by atoms with Crippen LogP contribution < -0.4 is 16.3 Å². The van der Waals surface area contributed by atoms with Crippen molar-refractivity contribution < 1.29 is 9.59 Å². The van der Waals surface area contributed by atoms with Gasteiger partial charge in [0.25, 0.3) is 0 Å². The number of nitrogens with one attached hydrogen (secondary N) is 2. The van der Waals surface area contributed by atoms with E-state index in [4.69, 9.17) is 11.6 Å². The summed E-state index contributed by atoms with van der Waals surface area (Å²) in [7, 11) is 0. The molecule has 1 aromatic heterocycles. The van der Waals surface area contributed by atoms with Crippen molar-refractivity contribution in [3.8, 4) is 5.69 Å². The Morgan fingerprint density at radius 3 is 2.77 bits per heavy atom. The van der Waals surface area contributed by atoms with E-state index in [9.17, 15) is 14.4 Å². The number of carbonyl (C=O) groups excluding carboxylic acids is 2. The topological polar surface area (TPSA) is 98.0 Å². The number of amides is 2. The summed E-state index contributed by atoms with van der Waals surface area (Å²) in [5.41, 5.74) is 0.134. The Morgan fingerprint density at radius 2 is 2.04 bits per heavy atom. The maximum atomic E-state index is 12.6. The van der Waals surface area contributed by atoms with Crippen LogP contribution in [0, 0.1) is 6.92 Å². The minimum absolute atomic E-state index is 0.184. The Labute approximate surface area is 155 Å². The summed E-state index contributed by atoms with van der Waals surface area (Å²) in [4.78, 5) is 36.9. The molecule has 0 unspecified atom stereocenters. The maximum Gasteiger partial charge on any atom is 0.351 e. The Kier molecular flexibility index (Phi) is 5.41. The number of hydrogen-bond acceptors (Lipinski definition) is 4. The van der Waals surface area contributed by atoms with Crippen molar-refractivity contribution in [2.45, 2.75) is 38.8 Å². The molecule has 1 aliphatic rings. The quantitative estimate of drug-likeness (QED) is 0.822. The van der Waals surface area contributed by atoms with Crippen LogP contribution in [0.1, 0.15) is 25.1 Å². The molecule has 26 heavy (non-hydrogen) atoms. The van der Waals surface area contributed by atoms with Gasteiger partial charge in [0.2, 0.25) is 11.8 Å². The van der Waals surface area contributed by atoms with E-state index in [1.54, 1.807) is 31.2 Å². The first-order valence-electron chi connectivity index (χ1n) is 8.45. The molecule has 2 aromatic rings. The Balaban J connectivity index is 1.75. The molecule has 3 rings (SSSR count). The Bertz CT molecular complexity index is 872. The van der Waals surface area contributed by atoms with Gasteiger partial charge in [-0.1, -0.05) is 11.6 Å². The standard InChI is InChI=1S/C17H20ClN5O3/c1-11-21-23(13-7-5-12(18)6-8-13)17(26)22(11)10-15(24)20-14-4-2-3-9-19-16(14)25/h5-8,14H,2-4,9-10H2,1H3,(H,19,25)(H,20,24)/t14-/m0/s1. The summed E-state index contributed by atoms with van der Waals surface area (Å²) in [5.74, 6) is -0.171. The van der Waals surface area contributed by atoms with Crippen LogP contribution >= 0.6 is 11.6 Å². The van der Waals surface area contributed by atoms with Crippen LogP contribution in [0.5, 0.6) is 0 Å². The van der Waals surface area contributed by atoms with Crippen LogP contribution in [0.4, 0.5) is 0 Å². The van der Waals surface area contributed by atoms with E-state index in [-0.39, 0.29) is 12.5 Å². The lowest BCUT2D eigenvalue weighted by Gasteiger charge is -2.15. The fraction of sp³-hybridized carbons (Fsp3) is 0.412. The van der Waals surface area contributed by atoms with E-state index in [1.807, 2.05) is 0 Å². The molecule has 1 aromatic carbocycles. The summed E-state index contributed by atoms with van der Waals surface area (Å²) in [6, 6.07) is 6.11. The Hall–Kier alpha value is -2.61.